The minimum absolute atomic E-state index is 0.208. The third-order valence-electron chi connectivity index (χ3n) is 4.52. The third kappa shape index (κ3) is 4.04. The van der Waals surface area contributed by atoms with Gasteiger partial charge < -0.3 is 15.5 Å². The average Bonchev–Trinajstić information content (AvgIpc) is 3.10. The van der Waals surface area contributed by atoms with Crippen LogP contribution in [0.4, 0.5) is 10.1 Å². The lowest BCUT2D eigenvalue weighted by Gasteiger charge is -2.32. The van der Waals surface area contributed by atoms with E-state index in [9.17, 15) is 9.18 Å². The molecule has 1 aliphatic rings. The number of anilines is 1. The molecule has 7 nitrogen and oxygen atoms in total. The van der Waals surface area contributed by atoms with Crippen LogP contribution in [0.5, 0.6) is 5.75 Å². The van der Waals surface area contributed by atoms with Gasteiger partial charge in [-0.25, -0.2) is 9.07 Å². The van der Waals surface area contributed by atoms with Crippen LogP contribution in [0.2, 0.25) is 0 Å². The Labute approximate surface area is 171 Å². The number of fused-ring (bicyclic) bond motifs is 1. The molecule has 1 aromatic heterocycles. The van der Waals surface area contributed by atoms with E-state index in [1.54, 1.807) is 4.68 Å². The number of thioether (sulfide) groups is 1. The monoisotopic (exact) mass is 413 g/mol. The van der Waals surface area contributed by atoms with Crippen molar-refractivity contribution in [3.05, 3.63) is 65.7 Å². The topological polar surface area (TPSA) is 81.1 Å². The van der Waals surface area contributed by atoms with Gasteiger partial charge in [0.25, 0.3) is 0 Å². The maximum Gasteiger partial charge on any atom is 0.240 e. The van der Waals surface area contributed by atoms with Gasteiger partial charge in [-0.05, 0) is 55.8 Å². The van der Waals surface area contributed by atoms with Crippen LogP contribution in [-0.2, 0) is 4.79 Å². The molecule has 2 N–H and O–H groups in total. The largest absolute Gasteiger partial charge is 0.494 e. The van der Waals surface area contributed by atoms with Crippen LogP contribution in [-0.4, -0.2) is 32.6 Å². The van der Waals surface area contributed by atoms with Crippen molar-refractivity contribution < 1.29 is 13.9 Å². The number of hydrogen-bond acceptors (Lipinski definition) is 6. The standard InChI is InChI=1S/C20H20FN5O2S/c1-3-28-16-10-4-13(5-11-16)17-18(29-20-24-23-12(2)26(20)25-17)19(27)22-15-8-6-14(21)7-9-15/h4-11,17-18,25H,3H2,1-2H3,(H,22,27)/t17-,18-/m0/s1. The first kappa shape index (κ1) is 19.3. The number of aromatic nitrogens is 3. The second kappa shape index (κ2) is 8.12. The van der Waals surface area contributed by atoms with Gasteiger partial charge in [-0.15, -0.1) is 10.2 Å². The molecule has 2 aromatic carbocycles. The number of ether oxygens (including phenoxy) is 1. The number of amides is 1. The lowest BCUT2D eigenvalue weighted by atomic mass is 10.0. The molecule has 0 unspecified atom stereocenters. The summed E-state index contributed by atoms with van der Waals surface area (Å²) in [6.07, 6.45) is 0. The Morgan fingerprint density at radius 3 is 2.62 bits per heavy atom. The van der Waals surface area contributed by atoms with Gasteiger partial charge in [0.1, 0.15) is 22.6 Å². The first-order valence-electron chi connectivity index (χ1n) is 9.19. The molecule has 0 spiro atoms. The van der Waals surface area contributed by atoms with Crippen molar-refractivity contribution in [3.8, 4) is 5.75 Å². The van der Waals surface area contributed by atoms with Crippen molar-refractivity contribution in [3.63, 3.8) is 0 Å². The summed E-state index contributed by atoms with van der Waals surface area (Å²) < 4.78 is 20.5. The number of nitrogens with zero attached hydrogens (tertiary/aromatic N) is 3. The molecule has 3 aromatic rings. The lowest BCUT2D eigenvalue weighted by Crippen LogP contribution is -2.41. The average molecular weight is 413 g/mol. The number of nitrogens with one attached hydrogen (secondary N) is 2. The van der Waals surface area contributed by atoms with Gasteiger partial charge in [0, 0.05) is 5.69 Å². The number of carbonyl (C=O) groups excluding carboxylic acids is 1. The summed E-state index contributed by atoms with van der Waals surface area (Å²) in [5, 5.41) is 11.2. The summed E-state index contributed by atoms with van der Waals surface area (Å²) in [7, 11) is 0. The normalized spacial score (nSPS) is 17.9. The number of benzene rings is 2. The minimum Gasteiger partial charge on any atom is -0.494 e. The Kier molecular flexibility index (Phi) is 5.39. The van der Waals surface area contributed by atoms with Crippen molar-refractivity contribution in [2.75, 3.05) is 17.3 Å². The zero-order chi connectivity index (χ0) is 20.4. The molecule has 2 heterocycles. The van der Waals surface area contributed by atoms with Gasteiger partial charge in [0.05, 0.1) is 12.6 Å². The van der Waals surface area contributed by atoms with Gasteiger partial charge in [0.2, 0.25) is 11.1 Å². The second-order valence-electron chi connectivity index (χ2n) is 6.51. The molecule has 9 heteroatoms. The Balaban J connectivity index is 1.62. The predicted molar refractivity (Wildman–Crippen MR) is 109 cm³/mol. The quantitative estimate of drug-likeness (QED) is 0.666. The fourth-order valence-corrected chi connectivity index (χ4v) is 4.22. The number of aryl methyl sites for hydroxylation is 1. The highest BCUT2D eigenvalue weighted by molar-refractivity contribution is 8.00. The molecule has 0 fully saturated rings. The molecule has 0 saturated carbocycles. The summed E-state index contributed by atoms with van der Waals surface area (Å²) in [5.41, 5.74) is 4.81. The van der Waals surface area contributed by atoms with E-state index < -0.39 is 5.25 Å². The summed E-state index contributed by atoms with van der Waals surface area (Å²) in [6.45, 7) is 4.36. The first-order valence-corrected chi connectivity index (χ1v) is 10.1. The highest BCUT2D eigenvalue weighted by Gasteiger charge is 2.37. The fraction of sp³-hybridized carbons (Fsp3) is 0.250. The number of halogens is 1. The zero-order valence-corrected chi connectivity index (χ0v) is 16.7. The maximum atomic E-state index is 13.2. The SMILES string of the molecule is CCOc1ccc([C@@H]2Nn3c(C)nnc3S[C@@H]2C(=O)Nc2ccc(F)cc2)cc1. The van der Waals surface area contributed by atoms with Gasteiger partial charge in [-0.3, -0.25) is 4.79 Å². The molecule has 1 aliphatic heterocycles. The summed E-state index contributed by atoms with van der Waals surface area (Å²) >= 11 is 1.34. The van der Waals surface area contributed by atoms with Crippen LogP contribution in [0, 0.1) is 12.7 Å². The summed E-state index contributed by atoms with van der Waals surface area (Å²) in [4.78, 5) is 13.1. The Morgan fingerprint density at radius 2 is 1.93 bits per heavy atom. The van der Waals surface area contributed by atoms with E-state index in [0.29, 0.717) is 23.3 Å². The van der Waals surface area contributed by atoms with Crippen molar-refractivity contribution in [2.45, 2.75) is 30.3 Å². The molecule has 0 aliphatic carbocycles. The van der Waals surface area contributed by atoms with E-state index in [2.05, 4.69) is 20.9 Å². The van der Waals surface area contributed by atoms with E-state index >= 15 is 0 Å². The lowest BCUT2D eigenvalue weighted by molar-refractivity contribution is -0.116. The van der Waals surface area contributed by atoms with E-state index in [1.165, 1.54) is 36.0 Å². The van der Waals surface area contributed by atoms with Crippen LogP contribution >= 0.6 is 11.8 Å². The highest BCUT2D eigenvalue weighted by Crippen LogP contribution is 2.37. The molecular weight excluding hydrogens is 393 g/mol. The van der Waals surface area contributed by atoms with Crippen LogP contribution in [0.3, 0.4) is 0 Å². The maximum absolute atomic E-state index is 13.2. The summed E-state index contributed by atoms with van der Waals surface area (Å²) in [6, 6.07) is 13.0. The van der Waals surface area contributed by atoms with Crippen molar-refractivity contribution in [1.82, 2.24) is 14.9 Å². The molecule has 1 amide bonds. The van der Waals surface area contributed by atoms with Crippen LogP contribution in [0.1, 0.15) is 24.4 Å². The molecule has 2 atom stereocenters. The Hall–Kier alpha value is -3.07. The molecule has 4 rings (SSSR count). The van der Waals surface area contributed by atoms with E-state index in [4.69, 9.17) is 4.74 Å². The zero-order valence-electron chi connectivity index (χ0n) is 15.9. The highest BCUT2D eigenvalue weighted by atomic mass is 32.2. The van der Waals surface area contributed by atoms with Crippen LogP contribution in [0.25, 0.3) is 0 Å². The Bertz CT molecular complexity index is 1010. The first-order chi connectivity index (χ1) is 14.0. The molecule has 150 valence electrons. The molecule has 29 heavy (non-hydrogen) atoms. The van der Waals surface area contributed by atoms with Gasteiger partial charge in [-0.1, -0.05) is 23.9 Å². The number of rotatable bonds is 5. The van der Waals surface area contributed by atoms with Gasteiger partial charge >= 0.3 is 0 Å². The molecule has 0 bridgehead atoms. The summed E-state index contributed by atoms with van der Waals surface area (Å²) in [5.74, 6) is 0.918. The minimum atomic E-state index is -0.505. The van der Waals surface area contributed by atoms with Crippen LogP contribution in [0.15, 0.2) is 53.7 Å². The smallest absolute Gasteiger partial charge is 0.240 e. The molecular formula is C20H20FN5O2S. The van der Waals surface area contributed by atoms with E-state index in [0.717, 1.165) is 11.3 Å². The number of hydrogen-bond donors (Lipinski definition) is 2. The molecule has 0 saturated heterocycles. The third-order valence-corrected chi connectivity index (χ3v) is 5.73. The second-order valence-corrected chi connectivity index (χ2v) is 7.62. The van der Waals surface area contributed by atoms with Crippen LogP contribution < -0.4 is 15.5 Å². The van der Waals surface area contributed by atoms with Crippen molar-refractivity contribution >= 4 is 23.4 Å². The number of carbonyl (C=O) groups is 1. The van der Waals surface area contributed by atoms with E-state index in [-0.39, 0.29) is 17.8 Å². The van der Waals surface area contributed by atoms with Gasteiger partial charge in [0.15, 0.2) is 0 Å². The fourth-order valence-electron chi connectivity index (χ4n) is 3.10. The predicted octanol–water partition coefficient (Wildman–Crippen LogP) is 3.52. The van der Waals surface area contributed by atoms with Crippen molar-refractivity contribution in [2.24, 2.45) is 0 Å². The van der Waals surface area contributed by atoms with Crippen molar-refractivity contribution in [1.29, 1.82) is 0 Å². The van der Waals surface area contributed by atoms with Gasteiger partial charge in [-0.2, -0.15) is 0 Å². The molecule has 0 radical (unpaired) electrons. The Morgan fingerprint density at radius 1 is 1.21 bits per heavy atom. The van der Waals surface area contributed by atoms with E-state index in [1.807, 2.05) is 38.1 Å².